The van der Waals surface area contributed by atoms with Crippen LogP contribution in [0.25, 0.3) is 0 Å². The van der Waals surface area contributed by atoms with E-state index in [1.807, 2.05) is 36.1 Å². The summed E-state index contributed by atoms with van der Waals surface area (Å²) in [6, 6.07) is 8.29. The van der Waals surface area contributed by atoms with Crippen molar-refractivity contribution >= 4 is 15.9 Å². The summed E-state index contributed by atoms with van der Waals surface area (Å²) in [7, 11) is 0. The summed E-state index contributed by atoms with van der Waals surface area (Å²) in [5, 5.41) is 4.30. The molecule has 0 radical (unpaired) electrons. The molecule has 2 N–H and O–H groups in total. The average molecular weight is 294 g/mol. The number of aromatic nitrogens is 2. The fourth-order valence-electron chi connectivity index (χ4n) is 1.87. The first-order chi connectivity index (χ1) is 8.19. The first-order valence-corrected chi connectivity index (χ1v) is 6.43. The fraction of sp³-hybridized carbons (Fsp3) is 0.308. The van der Waals surface area contributed by atoms with Crippen molar-refractivity contribution in [2.24, 2.45) is 5.73 Å². The van der Waals surface area contributed by atoms with Gasteiger partial charge in [0, 0.05) is 29.7 Å². The molecule has 0 aliphatic rings. The highest BCUT2D eigenvalue weighted by Gasteiger charge is 2.11. The first kappa shape index (κ1) is 12.3. The van der Waals surface area contributed by atoms with Crippen molar-refractivity contribution in [3.8, 4) is 0 Å². The molecular formula is C13H16BrN3. The smallest absolute Gasteiger partial charge is 0.0518 e. The van der Waals surface area contributed by atoms with Gasteiger partial charge in [-0.1, -0.05) is 28.1 Å². The molecule has 1 atom stereocenters. The van der Waals surface area contributed by atoms with Crippen LogP contribution in [0, 0.1) is 6.92 Å². The number of benzene rings is 1. The van der Waals surface area contributed by atoms with Crippen molar-refractivity contribution in [2.45, 2.75) is 19.4 Å². The Morgan fingerprint density at radius 3 is 2.88 bits per heavy atom. The highest BCUT2D eigenvalue weighted by atomic mass is 79.9. The third kappa shape index (κ3) is 3.17. The van der Waals surface area contributed by atoms with Crippen molar-refractivity contribution in [3.05, 3.63) is 52.3 Å². The molecule has 17 heavy (non-hydrogen) atoms. The average Bonchev–Trinajstić information content (AvgIpc) is 2.72. The molecule has 0 aliphatic carbocycles. The van der Waals surface area contributed by atoms with Gasteiger partial charge in [-0.25, -0.2) is 0 Å². The predicted octanol–water partition coefficient (Wildman–Crippen LogP) is 2.70. The van der Waals surface area contributed by atoms with E-state index in [1.54, 1.807) is 0 Å². The van der Waals surface area contributed by atoms with Gasteiger partial charge in [0.15, 0.2) is 0 Å². The lowest BCUT2D eigenvalue weighted by molar-refractivity contribution is 0.521. The highest BCUT2D eigenvalue weighted by molar-refractivity contribution is 9.10. The van der Waals surface area contributed by atoms with Gasteiger partial charge in [0.25, 0.3) is 0 Å². The lowest BCUT2D eigenvalue weighted by Gasteiger charge is -2.15. The Morgan fingerprint density at radius 2 is 2.29 bits per heavy atom. The number of nitrogens with two attached hydrogens (primary N) is 1. The minimum Gasteiger partial charge on any atom is -0.330 e. The molecule has 0 fully saturated rings. The zero-order chi connectivity index (χ0) is 12.3. The van der Waals surface area contributed by atoms with E-state index in [9.17, 15) is 0 Å². The van der Waals surface area contributed by atoms with Gasteiger partial charge < -0.3 is 5.73 Å². The van der Waals surface area contributed by atoms with Crippen LogP contribution in [-0.2, 0) is 6.54 Å². The Labute approximate surface area is 110 Å². The lowest BCUT2D eigenvalue weighted by atomic mass is 9.99. The number of hydrogen-bond acceptors (Lipinski definition) is 2. The molecule has 2 aromatic rings. The van der Waals surface area contributed by atoms with Gasteiger partial charge >= 0.3 is 0 Å². The van der Waals surface area contributed by atoms with E-state index >= 15 is 0 Å². The summed E-state index contributed by atoms with van der Waals surface area (Å²) in [6.07, 6.45) is 3.91. The van der Waals surface area contributed by atoms with Crippen LogP contribution in [0.4, 0.5) is 0 Å². The van der Waals surface area contributed by atoms with Gasteiger partial charge in [-0.05, 0) is 30.2 Å². The maximum Gasteiger partial charge on any atom is 0.0518 e. The molecule has 0 aliphatic heterocycles. The second-order valence-corrected chi connectivity index (χ2v) is 5.14. The van der Waals surface area contributed by atoms with E-state index in [-0.39, 0.29) is 0 Å². The molecule has 1 aromatic heterocycles. The molecule has 2 rings (SSSR count). The van der Waals surface area contributed by atoms with Crippen LogP contribution in [0.2, 0.25) is 0 Å². The molecule has 1 unspecified atom stereocenters. The number of nitrogens with zero attached hydrogens (tertiary/aromatic N) is 2. The van der Waals surface area contributed by atoms with Crippen molar-refractivity contribution < 1.29 is 0 Å². The molecule has 0 saturated carbocycles. The van der Waals surface area contributed by atoms with Gasteiger partial charge in [-0.3, -0.25) is 4.68 Å². The quantitative estimate of drug-likeness (QED) is 0.942. The fourth-order valence-corrected chi connectivity index (χ4v) is 2.29. The van der Waals surface area contributed by atoms with Crippen molar-refractivity contribution in [1.29, 1.82) is 0 Å². The standard InChI is InChI=1S/C13H16BrN3/c1-10-7-16-17(8-10)9-12(6-15)11-3-2-4-13(14)5-11/h2-5,7-8,12H,6,9,15H2,1H3. The van der Waals surface area contributed by atoms with Gasteiger partial charge in [0.2, 0.25) is 0 Å². The Morgan fingerprint density at radius 1 is 1.47 bits per heavy atom. The van der Waals surface area contributed by atoms with E-state index in [1.165, 1.54) is 11.1 Å². The van der Waals surface area contributed by atoms with Crippen LogP contribution < -0.4 is 5.73 Å². The van der Waals surface area contributed by atoms with Crippen LogP contribution in [0.1, 0.15) is 17.0 Å². The molecule has 0 bridgehead atoms. The molecule has 4 heteroatoms. The molecule has 0 saturated heterocycles. The maximum absolute atomic E-state index is 5.85. The molecule has 1 heterocycles. The number of halogens is 1. The molecular weight excluding hydrogens is 278 g/mol. The third-order valence-electron chi connectivity index (χ3n) is 2.77. The molecule has 0 amide bonds. The molecule has 3 nitrogen and oxygen atoms in total. The Balaban J connectivity index is 2.16. The second kappa shape index (κ2) is 5.47. The van der Waals surface area contributed by atoms with Crippen LogP contribution in [0.5, 0.6) is 0 Å². The summed E-state index contributed by atoms with van der Waals surface area (Å²) in [6.45, 7) is 3.48. The van der Waals surface area contributed by atoms with Gasteiger partial charge in [0.05, 0.1) is 6.20 Å². The summed E-state index contributed by atoms with van der Waals surface area (Å²) in [5.74, 6) is 0.298. The minimum absolute atomic E-state index is 0.298. The largest absolute Gasteiger partial charge is 0.330 e. The van der Waals surface area contributed by atoms with Gasteiger partial charge in [-0.15, -0.1) is 0 Å². The van der Waals surface area contributed by atoms with Crippen LogP contribution >= 0.6 is 15.9 Å². The van der Waals surface area contributed by atoms with E-state index in [0.717, 1.165) is 11.0 Å². The van der Waals surface area contributed by atoms with Crippen molar-refractivity contribution in [3.63, 3.8) is 0 Å². The molecule has 1 aromatic carbocycles. The van der Waals surface area contributed by atoms with Crippen molar-refractivity contribution in [1.82, 2.24) is 9.78 Å². The SMILES string of the molecule is Cc1cnn(CC(CN)c2cccc(Br)c2)c1. The normalized spacial score (nSPS) is 12.6. The van der Waals surface area contributed by atoms with Crippen LogP contribution in [0.15, 0.2) is 41.1 Å². The summed E-state index contributed by atoms with van der Waals surface area (Å²) in [5.41, 5.74) is 8.27. The Kier molecular flexibility index (Phi) is 3.97. The number of hydrogen-bond donors (Lipinski definition) is 1. The van der Waals surface area contributed by atoms with Crippen LogP contribution in [-0.4, -0.2) is 16.3 Å². The Bertz CT molecular complexity index is 493. The monoisotopic (exact) mass is 293 g/mol. The van der Waals surface area contributed by atoms with Gasteiger partial charge in [-0.2, -0.15) is 5.10 Å². The first-order valence-electron chi connectivity index (χ1n) is 5.63. The van der Waals surface area contributed by atoms with E-state index in [2.05, 4.69) is 33.2 Å². The number of rotatable bonds is 4. The third-order valence-corrected chi connectivity index (χ3v) is 3.27. The van der Waals surface area contributed by atoms with E-state index < -0.39 is 0 Å². The highest BCUT2D eigenvalue weighted by Crippen LogP contribution is 2.20. The Hall–Kier alpha value is -1.13. The molecule has 0 spiro atoms. The summed E-state index contributed by atoms with van der Waals surface area (Å²) < 4.78 is 3.04. The zero-order valence-electron chi connectivity index (χ0n) is 9.81. The summed E-state index contributed by atoms with van der Waals surface area (Å²) >= 11 is 3.49. The topological polar surface area (TPSA) is 43.8 Å². The predicted molar refractivity (Wildman–Crippen MR) is 72.9 cm³/mol. The van der Waals surface area contributed by atoms with Gasteiger partial charge in [0.1, 0.15) is 0 Å². The lowest BCUT2D eigenvalue weighted by Crippen LogP contribution is -2.18. The van der Waals surface area contributed by atoms with Crippen LogP contribution in [0.3, 0.4) is 0 Å². The zero-order valence-corrected chi connectivity index (χ0v) is 11.4. The maximum atomic E-state index is 5.85. The second-order valence-electron chi connectivity index (χ2n) is 4.23. The van der Waals surface area contributed by atoms with Crippen molar-refractivity contribution in [2.75, 3.05) is 6.54 Å². The van der Waals surface area contributed by atoms with E-state index in [4.69, 9.17) is 5.73 Å². The molecule has 90 valence electrons. The van der Waals surface area contributed by atoms with E-state index in [0.29, 0.717) is 12.5 Å². The summed E-state index contributed by atoms with van der Waals surface area (Å²) in [4.78, 5) is 0. The minimum atomic E-state index is 0.298. The number of aryl methyl sites for hydroxylation is 1.